The fourth-order valence-corrected chi connectivity index (χ4v) is 4.73. The maximum atomic E-state index is 13.1. The third-order valence-corrected chi connectivity index (χ3v) is 6.97. The summed E-state index contributed by atoms with van der Waals surface area (Å²) >= 11 is 0. The van der Waals surface area contributed by atoms with E-state index in [9.17, 15) is 19.5 Å². The fraction of sp³-hybridized carbons (Fsp3) is 0.229. The first-order valence-corrected chi connectivity index (χ1v) is 14.2. The molecule has 0 unspecified atom stereocenters. The Bertz CT molecular complexity index is 1520. The number of carboxylic acids is 1. The van der Waals surface area contributed by atoms with E-state index in [0.29, 0.717) is 54.3 Å². The van der Waals surface area contributed by atoms with Crippen LogP contribution < -0.4 is 19.7 Å². The third-order valence-electron chi connectivity index (χ3n) is 6.97. The van der Waals surface area contributed by atoms with Crippen LogP contribution in [0.5, 0.6) is 11.5 Å². The Labute approximate surface area is 251 Å². The van der Waals surface area contributed by atoms with Crippen LogP contribution in [-0.4, -0.2) is 49.1 Å². The first-order chi connectivity index (χ1) is 20.9. The predicted octanol–water partition coefficient (Wildman–Crippen LogP) is 6.25. The number of carbonyl (C=O) groups is 3. The van der Waals surface area contributed by atoms with E-state index in [0.717, 1.165) is 11.3 Å². The molecule has 0 saturated carbocycles. The highest BCUT2D eigenvalue weighted by molar-refractivity contribution is 6.12. The number of benzene rings is 4. The van der Waals surface area contributed by atoms with E-state index < -0.39 is 12.0 Å². The first-order valence-electron chi connectivity index (χ1n) is 14.2. The van der Waals surface area contributed by atoms with E-state index in [4.69, 9.17) is 9.47 Å². The fourth-order valence-electron chi connectivity index (χ4n) is 4.73. The molecule has 0 aliphatic rings. The molecule has 4 rings (SSSR count). The second kappa shape index (κ2) is 15.2. The van der Waals surface area contributed by atoms with Gasteiger partial charge in [-0.25, -0.2) is 4.79 Å². The molecular formula is C35H36N2O6. The van der Waals surface area contributed by atoms with Crippen molar-refractivity contribution in [1.82, 2.24) is 0 Å². The van der Waals surface area contributed by atoms with Crippen molar-refractivity contribution in [3.63, 3.8) is 0 Å². The average Bonchev–Trinajstić information content (AvgIpc) is 3.05. The number of rotatable bonds is 15. The second-order valence-corrected chi connectivity index (χ2v) is 9.90. The van der Waals surface area contributed by atoms with Gasteiger partial charge in [0.25, 0.3) is 0 Å². The molecule has 0 aliphatic heterocycles. The highest BCUT2D eigenvalue weighted by atomic mass is 16.5. The van der Waals surface area contributed by atoms with Gasteiger partial charge in [0.15, 0.2) is 5.78 Å². The minimum Gasteiger partial charge on any atom is -0.495 e. The van der Waals surface area contributed by atoms with Crippen molar-refractivity contribution in [1.29, 1.82) is 0 Å². The zero-order chi connectivity index (χ0) is 30.6. The summed E-state index contributed by atoms with van der Waals surface area (Å²) in [5.41, 5.74) is 2.94. The van der Waals surface area contributed by atoms with Gasteiger partial charge in [-0.2, -0.15) is 0 Å². The standard InChI is InChI=1S/C35H36N2O6/c1-3-33(38)37(31-16-9-10-17-32(31)42-2)22-11-23-43-27-20-18-25(19-21-27)24-30(35(40)41)36-29-15-8-7-14-28(29)34(39)26-12-5-4-6-13-26/h4-10,12-21,30,36H,3,11,22-24H2,1-2H3,(H,40,41)/t30-/m0/s1. The number of anilines is 2. The number of para-hydroxylation sites is 3. The number of amides is 1. The number of aliphatic carboxylic acids is 1. The minimum atomic E-state index is -1.02. The van der Waals surface area contributed by atoms with Crippen molar-refractivity contribution in [3.8, 4) is 11.5 Å². The number of carbonyl (C=O) groups excluding carboxylic acids is 2. The molecule has 0 fully saturated rings. The molecule has 2 N–H and O–H groups in total. The molecule has 0 aliphatic carbocycles. The molecule has 0 spiro atoms. The number of methoxy groups -OCH3 is 1. The highest BCUT2D eigenvalue weighted by Gasteiger charge is 2.22. The lowest BCUT2D eigenvalue weighted by molar-refractivity contribution is -0.137. The molecule has 0 heterocycles. The van der Waals surface area contributed by atoms with Crippen LogP contribution in [0, 0.1) is 0 Å². The maximum Gasteiger partial charge on any atom is 0.326 e. The summed E-state index contributed by atoms with van der Waals surface area (Å²) in [5, 5.41) is 13.0. The third kappa shape index (κ3) is 8.23. The van der Waals surface area contributed by atoms with E-state index in [1.54, 1.807) is 72.7 Å². The average molecular weight is 581 g/mol. The number of nitrogens with one attached hydrogen (secondary N) is 1. The van der Waals surface area contributed by atoms with Crippen molar-refractivity contribution < 1.29 is 29.0 Å². The monoisotopic (exact) mass is 580 g/mol. The molecule has 8 heteroatoms. The molecule has 0 radical (unpaired) electrons. The highest BCUT2D eigenvalue weighted by Crippen LogP contribution is 2.28. The van der Waals surface area contributed by atoms with E-state index >= 15 is 0 Å². The van der Waals surface area contributed by atoms with Crippen LogP contribution in [0.1, 0.15) is 41.3 Å². The molecule has 0 bridgehead atoms. The summed E-state index contributed by atoms with van der Waals surface area (Å²) in [5.74, 6) is 0.0831. The number of ketones is 1. The largest absolute Gasteiger partial charge is 0.495 e. The van der Waals surface area contributed by atoms with Gasteiger partial charge in [0.2, 0.25) is 5.91 Å². The quantitative estimate of drug-likeness (QED) is 0.127. The molecule has 222 valence electrons. The maximum absolute atomic E-state index is 13.1. The van der Waals surface area contributed by atoms with Gasteiger partial charge in [-0.05, 0) is 48.4 Å². The number of carboxylic acid groups (broad SMARTS) is 1. The van der Waals surface area contributed by atoms with Crippen LogP contribution in [0.15, 0.2) is 103 Å². The summed E-state index contributed by atoms with van der Waals surface area (Å²) in [6.45, 7) is 2.70. The number of hydrogen-bond acceptors (Lipinski definition) is 6. The zero-order valence-corrected chi connectivity index (χ0v) is 24.4. The molecule has 4 aromatic rings. The van der Waals surface area contributed by atoms with Gasteiger partial charge in [-0.1, -0.05) is 73.7 Å². The summed E-state index contributed by atoms with van der Waals surface area (Å²) in [6, 6.07) is 29.6. The minimum absolute atomic E-state index is 0.00232. The van der Waals surface area contributed by atoms with Crippen molar-refractivity contribution in [2.24, 2.45) is 0 Å². The molecule has 1 atom stereocenters. The van der Waals surface area contributed by atoms with Crippen LogP contribution >= 0.6 is 0 Å². The van der Waals surface area contributed by atoms with Crippen LogP contribution in [0.3, 0.4) is 0 Å². The Kier molecular flexibility index (Phi) is 10.9. The second-order valence-electron chi connectivity index (χ2n) is 9.90. The van der Waals surface area contributed by atoms with Gasteiger partial charge in [0, 0.05) is 36.2 Å². The first kappa shape index (κ1) is 30.8. The zero-order valence-electron chi connectivity index (χ0n) is 24.4. The van der Waals surface area contributed by atoms with Crippen LogP contribution in [0.25, 0.3) is 0 Å². The molecule has 1 amide bonds. The van der Waals surface area contributed by atoms with Crippen molar-refractivity contribution in [2.75, 3.05) is 30.5 Å². The smallest absolute Gasteiger partial charge is 0.326 e. The summed E-state index contributed by atoms with van der Waals surface area (Å²) in [4.78, 5) is 39.6. The van der Waals surface area contributed by atoms with E-state index in [1.165, 1.54) is 0 Å². The lowest BCUT2D eigenvalue weighted by Crippen LogP contribution is -2.32. The lowest BCUT2D eigenvalue weighted by atomic mass is 10.00. The normalized spacial score (nSPS) is 11.3. The summed E-state index contributed by atoms with van der Waals surface area (Å²) < 4.78 is 11.3. The molecule has 0 saturated heterocycles. The van der Waals surface area contributed by atoms with Crippen molar-refractivity contribution in [3.05, 3.63) is 120 Å². The summed E-state index contributed by atoms with van der Waals surface area (Å²) in [6.07, 6.45) is 1.19. The van der Waals surface area contributed by atoms with Crippen molar-refractivity contribution in [2.45, 2.75) is 32.2 Å². The topological polar surface area (TPSA) is 105 Å². The van der Waals surface area contributed by atoms with E-state index in [-0.39, 0.29) is 18.1 Å². The molecular weight excluding hydrogens is 544 g/mol. The SMILES string of the molecule is CCC(=O)N(CCCOc1ccc(C[C@H](Nc2ccccc2C(=O)c2ccccc2)C(=O)O)cc1)c1ccccc1OC. The molecule has 43 heavy (non-hydrogen) atoms. The van der Waals surface area contributed by atoms with Gasteiger partial charge < -0.3 is 24.8 Å². The summed E-state index contributed by atoms with van der Waals surface area (Å²) in [7, 11) is 1.58. The van der Waals surface area contributed by atoms with Gasteiger partial charge in [-0.15, -0.1) is 0 Å². The number of ether oxygens (including phenoxy) is 2. The Morgan fingerprint density at radius 1 is 0.860 bits per heavy atom. The Balaban J connectivity index is 1.35. The Hall–Kier alpha value is -5.11. The Morgan fingerprint density at radius 3 is 2.23 bits per heavy atom. The van der Waals surface area contributed by atoms with Crippen LogP contribution in [-0.2, 0) is 16.0 Å². The predicted molar refractivity (Wildman–Crippen MR) is 167 cm³/mol. The van der Waals surface area contributed by atoms with Crippen molar-refractivity contribution >= 4 is 29.0 Å². The van der Waals surface area contributed by atoms with Gasteiger partial charge in [-0.3, -0.25) is 9.59 Å². The van der Waals surface area contributed by atoms with Gasteiger partial charge in [0.1, 0.15) is 17.5 Å². The van der Waals surface area contributed by atoms with Gasteiger partial charge in [0.05, 0.1) is 19.4 Å². The molecule has 0 aromatic heterocycles. The molecule has 8 nitrogen and oxygen atoms in total. The Morgan fingerprint density at radius 2 is 1.53 bits per heavy atom. The lowest BCUT2D eigenvalue weighted by Gasteiger charge is -2.24. The molecule has 4 aromatic carbocycles. The number of hydrogen-bond donors (Lipinski definition) is 2. The van der Waals surface area contributed by atoms with Crippen LogP contribution in [0.2, 0.25) is 0 Å². The number of nitrogens with zero attached hydrogens (tertiary/aromatic N) is 1. The van der Waals surface area contributed by atoms with Gasteiger partial charge >= 0.3 is 5.97 Å². The van der Waals surface area contributed by atoms with Crippen LogP contribution in [0.4, 0.5) is 11.4 Å². The van der Waals surface area contributed by atoms with E-state index in [2.05, 4.69) is 5.32 Å². The van der Waals surface area contributed by atoms with E-state index in [1.807, 2.05) is 49.4 Å².